The third-order valence-electron chi connectivity index (χ3n) is 1.81. The van der Waals surface area contributed by atoms with Crippen molar-refractivity contribution in [3.05, 3.63) is 18.2 Å². The lowest BCUT2D eigenvalue weighted by Gasteiger charge is -2.16. The molecule has 0 atom stereocenters. The van der Waals surface area contributed by atoms with Gasteiger partial charge in [-0.3, -0.25) is 0 Å². The number of hydrogen-bond donors (Lipinski definition) is 2. The summed E-state index contributed by atoms with van der Waals surface area (Å²) in [5.41, 5.74) is -0.409. The van der Waals surface area contributed by atoms with Crippen LogP contribution in [0.3, 0.4) is 0 Å². The van der Waals surface area contributed by atoms with E-state index in [0.717, 1.165) is 6.07 Å². The second-order valence-electron chi connectivity index (χ2n) is 3.03. The highest BCUT2D eigenvalue weighted by Gasteiger charge is 2.35. The summed E-state index contributed by atoms with van der Waals surface area (Å²) in [6.45, 7) is 1.71. The molecule has 0 heterocycles. The van der Waals surface area contributed by atoms with E-state index in [1.165, 1.54) is 12.1 Å². The second-order valence-corrected chi connectivity index (χ2v) is 3.03. The van der Waals surface area contributed by atoms with E-state index in [1.54, 1.807) is 6.92 Å². The van der Waals surface area contributed by atoms with Crippen LogP contribution >= 0.6 is 0 Å². The Balaban J connectivity index is 3.18. The van der Waals surface area contributed by atoms with Crippen LogP contribution in [-0.2, 0) is 0 Å². The first-order valence-corrected chi connectivity index (χ1v) is 4.72. The zero-order chi connectivity index (χ0) is 13.1. The van der Waals surface area contributed by atoms with Gasteiger partial charge in [0.25, 0.3) is 0 Å². The van der Waals surface area contributed by atoms with Crippen molar-refractivity contribution in [1.82, 2.24) is 0 Å². The molecule has 0 radical (unpaired) electrons. The first kappa shape index (κ1) is 13.7. The van der Waals surface area contributed by atoms with Crippen molar-refractivity contribution in [3.63, 3.8) is 0 Å². The quantitative estimate of drug-likeness (QED) is 0.771. The number of alkyl halides is 3. The van der Waals surface area contributed by atoms with Gasteiger partial charge < -0.3 is 19.5 Å². The molecule has 0 saturated heterocycles. The van der Waals surface area contributed by atoms with Crippen LogP contribution in [0, 0.1) is 0 Å². The summed E-state index contributed by atoms with van der Waals surface area (Å²) in [4.78, 5) is 0. The molecule has 4 nitrogen and oxygen atoms in total. The average molecular weight is 250 g/mol. The van der Waals surface area contributed by atoms with Crippen molar-refractivity contribution < 1.29 is 32.7 Å². The van der Waals surface area contributed by atoms with Gasteiger partial charge in [-0.05, 0) is 13.0 Å². The third-order valence-corrected chi connectivity index (χ3v) is 1.81. The van der Waals surface area contributed by atoms with Crippen LogP contribution in [0.2, 0.25) is 0 Å². The Morgan fingerprint density at radius 2 is 1.94 bits per heavy atom. The van der Waals surface area contributed by atoms with Gasteiger partial charge >= 0.3 is 13.5 Å². The lowest BCUT2D eigenvalue weighted by molar-refractivity contribution is -0.274. The molecule has 0 aliphatic carbocycles. The SMILES string of the molecule is CCOc1cccc(B(O)O)c1OC(F)(F)F. The molecule has 17 heavy (non-hydrogen) atoms. The fraction of sp³-hybridized carbons (Fsp3) is 0.333. The predicted octanol–water partition coefficient (Wildman–Crippen LogP) is 0.664. The molecule has 0 spiro atoms. The lowest BCUT2D eigenvalue weighted by atomic mass is 9.79. The monoisotopic (exact) mass is 250 g/mol. The summed E-state index contributed by atoms with van der Waals surface area (Å²) in [7, 11) is -2.08. The molecule has 0 bridgehead atoms. The van der Waals surface area contributed by atoms with Crippen LogP contribution in [0.4, 0.5) is 13.2 Å². The molecule has 0 fully saturated rings. The van der Waals surface area contributed by atoms with E-state index in [0.29, 0.717) is 0 Å². The van der Waals surface area contributed by atoms with Crippen molar-refractivity contribution in [2.24, 2.45) is 0 Å². The summed E-state index contributed by atoms with van der Waals surface area (Å²) in [6, 6.07) is 3.69. The van der Waals surface area contributed by atoms with Gasteiger partial charge in [0.05, 0.1) is 6.61 Å². The van der Waals surface area contributed by atoms with E-state index in [-0.39, 0.29) is 12.4 Å². The van der Waals surface area contributed by atoms with E-state index in [2.05, 4.69) is 4.74 Å². The molecule has 0 aliphatic rings. The maximum absolute atomic E-state index is 12.2. The Labute approximate surface area is 95.7 Å². The summed E-state index contributed by atoms with van der Waals surface area (Å²) in [5.74, 6) is -0.938. The van der Waals surface area contributed by atoms with Gasteiger partial charge in [0.2, 0.25) is 0 Å². The van der Waals surface area contributed by atoms with Crippen LogP contribution < -0.4 is 14.9 Å². The molecule has 2 N–H and O–H groups in total. The molecule has 1 aromatic carbocycles. The molecular weight excluding hydrogens is 240 g/mol. The number of rotatable bonds is 4. The van der Waals surface area contributed by atoms with Crippen LogP contribution in [0.15, 0.2) is 18.2 Å². The highest BCUT2D eigenvalue weighted by atomic mass is 19.4. The van der Waals surface area contributed by atoms with Crippen LogP contribution in [-0.4, -0.2) is 30.1 Å². The molecule has 0 unspecified atom stereocenters. The molecule has 0 saturated carbocycles. The normalized spacial score (nSPS) is 11.2. The van der Waals surface area contributed by atoms with Gasteiger partial charge in [-0.25, -0.2) is 0 Å². The van der Waals surface area contributed by atoms with E-state index in [4.69, 9.17) is 14.8 Å². The molecule has 0 aliphatic heterocycles. The van der Waals surface area contributed by atoms with E-state index in [9.17, 15) is 13.2 Å². The maximum atomic E-state index is 12.2. The van der Waals surface area contributed by atoms with Crippen molar-refractivity contribution in [1.29, 1.82) is 0 Å². The van der Waals surface area contributed by atoms with Crippen molar-refractivity contribution >= 4 is 12.6 Å². The van der Waals surface area contributed by atoms with Crippen LogP contribution in [0.5, 0.6) is 11.5 Å². The van der Waals surface area contributed by atoms with Crippen molar-refractivity contribution in [2.45, 2.75) is 13.3 Å². The van der Waals surface area contributed by atoms with Crippen molar-refractivity contribution in [3.8, 4) is 11.5 Å². The Kier molecular flexibility index (Phi) is 4.25. The summed E-state index contributed by atoms with van der Waals surface area (Å²) in [6.07, 6.45) is -4.93. The highest BCUT2D eigenvalue weighted by Crippen LogP contribution is 2.30. The van der Waals surface area contributed by atoms with Crippen LogP contribution in [0.1, 0.15) is 6.92 Å². The number of ether oxygens (including phenoxy) is 2. The zero-order valence-electron chi connectivity index (χ0n) is 8.86. The number of halogens is 3. The first-order valence-electron chi connectivity index (χ1n) is 4.72. The summed E-state index contributed by atoms with van der Waals surface area (Å²) >= 11 is 0. The Bertz CT molecular complexity index is 381. The molecule has 8 heteroatoms. The minimum atomic E-state index is -4.93. The smallest absolute Gasteiger partial charge is 0.490 e. The standard InChI is InChI=1S/C9H10BF3O4/c1-2-16-7-5-3-4-6(10(14)15)8(7)17-9(11,12)13/h3-5,14-15H,2H2,1H3. The maximum Gasteiger partial charge on any atom is 0.573 e. The first-order chi connectivity index (χ1) is 7.85. The largest absolute Gasteiger partial charge is 0.573 e. The van der Waals surface area contributed by atoms with Gasteiger partial charge in [0.15, 0.2) is 11.5 Å². The lowest BCUT2D eigenvalue weighted by Crippen LogP contribution is -2.34. The van der Waals surface area contributed by atoms with Gasteiger partial charge in [0, 0.05) is 5.46 Å². The topological polar surface area (TPSA) is 58.9 Å². The summed E-state index contributed by atoms with van der Waals surface area (Å²) < 4.78 is 45.2. The van der Waals surface area contributed by atoms with Gasteiger partial charge in [-0.15, -0.1) is 13.2 Å². The Hall–Kier alpha value is -1.41. The van der Waals surface area contributed by atoms with Gasteiger partial charge in [-0.2, -0.15) is 0 Å². The molecule has 1 aromatic rings. The molecule has 0 aromatic heterocycles. The zero-order valence-corrected chi connectivity index (χ0v) is 8.86. The highest BCUT2D eigenvalue weighted by molar-refractivity contribution is 6.59. The number of para-hydroxylation sites is 1. The average Bonchev–Trinajstić information content (AvgIpc) is 2.18. The molecule has 94 valence electrons. The minimum absolute atomic E-state index is 0.124. The molecular formula is C9H10BF3O4. The second kappa shape index (κ2) is 5.28. The minimum Gasteiger partial charge on any atom is -0.490 e. The molecule has 1 rings (SSSR count). The van der Waals surface area contributed by atoms with E-state index >= 15 is 0 Å². The number of benzene rings is 1. The van der Waals surface area contributed by atoms with E-state index < -0.39 is 24.7 Å². The Morgan fingerprint density at radius 1 is 1.29 bits per heavy atom. The fourth-order valence-corrected chi connectivity index (χ4v) is 1.23. The Morgan fingerprint density at radius 3 is 2.41 bits per heavy atom. The number of hydrogen-bond acceptors (Lipinski definition) is 4. The van der Waals surface area contributed by atoms with Crippen LogP contribution in [0.25, 0.3) is 0 Å². The fourth-order valence-electron chi connectivity index (χ4n) is 1.23. The van der Waals surface area contributed by atoms with E-state index in [1.807, 2.05) is 0 Å². The third kappa shape index (κ3) is 3.83. The summed E-state index contributed by atoms with van der Waals surface area (Å²) in [5, 5.41) is 17.9. The van der Waals surface area contributed by atoms with Crippen molar-refractivity contribution in [2.75, 3.05) is 6.61 Å². The molecule has 0 amide bonds. The van der Waals surface area contributed by atoms with Gasteiger partial charge in [-0.1, -0.05) is 12.1 Å². The van der Waals surface area contributed by atoms with Gasteiger partial charge in [0.1, 0.15) is 0 Å². The predicted molar refractivity (Wildman–Crippen MR) is 54.1 cm³/mol.